The number of halogens is 1. The zero-order valence-corrected chi connectivity index (χ0v) is 13.6. The fourth-order valence-electron chi connectivity index (χ4n) is 2.41. The van der Waals surface area contributed by atoms with Gasteiger partial charge in [0.25, 0.3) is 0 Å². The van der Waals surface area contributed by atoms with Crippen LogP contribution in [-0.4, -0.2) is 26.0 Å². The summed E-state index contributed by atoms with van der Waals surface area (Å²) in [5.74, 6) is 0. The second kappa shape index (κ2) is 6.03. The molecule has 1 aliphatic carbocycles. The van der Waals surface area contributed by atoms with E-state index >= 15 is 0 Å². The number of rotatable bonds is 4. The van der Waals surface area contributed by atoms with E-state index in [1.165, 1.54) is 11.1 Å². The molecule has 0 radical (unpaired) electrons. The van der Waals surface area contributed by atoms with E-state index < -0.39 is 9.84 Å². The smallest absolute Gasteiger partial charge is 0.150 e. The summed E-state index contributed by atoms with van der Waals surface area (Å²) in [6.07, 6.45) is 5.01. The first-order valence-electron chi connectivity index (χ1n) is 6.11. The van der Waals surface area contributed by atoms with E-state index in [-0.39, 0.29) is 5.25 Å². The summed E-state index contributed by atoms with van der Waals surface area (Å²) >= 11 is 5.23. The first-order valence-corrected chi connectivity index (χ1v) is 9.73. The van der Waals surface area contributed by atoms with Crippen molar-refractivity contribution < 1.29 is 8.42 Å². The van der Waals surface area contributed by atoms with Crippen LogP contribution in [0.3, 0.4) is 0 Å². The monoisotopic (exact) mass is 351 g/mol. The topological polar surface area (TPSA) is 46.2 Å². The summed E-state index contributed by atoms with van der Waals surface area (Å²) in [5, 5.41) is 5.38. The van der Waals surface area contributed by atoms with Crippen molar-refractivity contribution in [3.63, 3.8) is 0 Å². The zero-order chi connectivity index (χ0) is 13.2. The Morgan fingerprint density at radius 2 is 2.28 bits per heavy atom. The molecule has 1 aromatic rings. The van der Waals surface area contributed by atoms with Crippen molar-refractivity contribution in [3.05, 3.63) is 20.8 Å². The van der Waals surface area contributed by atoms with Gasteiger partial charge >= 0.3 is 0 Å². The molecule has 1 aliphatic rings. The summed E-state index contributed by atoms with van der Waals surface area (Å²) < 4.78 is 24.3. The van der Waals surface area contributed by atoms with E-state index in [1.807, 2.05) is 6.07 Å². The van der Waals surface area contributed by atoms with E-state index in [0.717, 1.165) is 36.7 Å². The van der Waals surface area contributed by atoms with Crippen molar-refractivity contribution in [1.29, 1.82) is 0 Å². The van der Waals surface area contributed by atoms with Crippen molar-refractivity contribution in [3.8, 4) is 0 Å². The summed E-state index contributed by atoms with van der Waals surface area (Å²) in [6.45, 7) is 0.819. The van der Waals surface area contributed by atoms with Gasteiger partial charge in [-0.1, -0.05) is 6.42 Å². The average Bonchev–Trinajstić information content (AvgIpc) is 2.72. The summed E-state index contributed by atoms with van der Waals surface area (Å²) in [5.41, 5.74) is 0. The van der Waals surface area contributed by atoms with Crippen LogP contribution in [0.1, 0.15) is 30.6 Å². The summed E-state index contributed by atoms with van der Waals surface area (Å²) in [7, 11) is -2.89. The van der Waals surface area contributed by atoms with E-state index in [1.54, 1.807) is 11.3 Å². The van der Waals surface area contributed by atoms with Crippen LogP contribution in [0.2, 0.25) is 0 Å². The maximum absolute atomic E-state index is 11.6. The van der Waals surface area contributed by atoms with Crippen LogP contribution >= 0.6 is 27.3 Å². The minimum absolute atomic E-state index is 0.157. The van der Waals surface area contributed by atoms with Gasteiger partial charge in [-0.25, -0.2) is 8.42 Å². The van der Waals surface area contributed by atoms with Crippen LogP contribution in [0.25, 0.3) is 0 Å². The molecule has 0 bridgehead atoms. The molecule has 6 heteroatoms. The minimum Gasteiger partial charge on any atom is -0.309 e. The molecule has 3 nitrogen and oxygen atoms in total. The average molecular weight is 352 g/mol. The molecule has 102 valence electrons. The summed E-state index contributed by atoms with van der Waals surface area (Å²) in [4.78, 5) is 1.27. The molecule has 1 fully saturated rings. The molecule has 2 unspecified atom stereocenters. The maximum Gasteiger partial charge on any atom is 0.150 e. The lowest BCUT2D eigenvalue weighted by molar-refractivity contribution is 0.371. The Kier molecular flexibility index (Phi) is 4.86. The van der Waals surface area contributed by atoms with Crippen LogP contribution in [0, 0.1) is 0 Å². The van der Waals surface area contributed by atoms with Crippen LogP contribution in [0.4, 0.5) is 0 Å². The Bertz CT molecular complexity index is 498. The standard InChI is InChI=1S/C12H18BrNO2S2/c1-18(15,16)10-4-2-3-9(7-10)14-8-12-11(13)5-6-17-12/h5-6,9-10,14H,2-4,7-8H2,1H3. The number of nitrogens with one attached hydrogen (secondary N) is 1. The van der Waals surface area contributed by atoms with Crippen LogP contribution in [-0.2, 0) is 16.4 Å². The van der Waals surface area contributed by atoms with E-state index in [9.17, 15) is 8.42 Å². The molecule has 0 spiro atoms. The Labute approximate surface area is 121 Å². The molecule has 1 heterocycles. The number of hydrogen-bond donors (Lipinski definition) is 1. The van der Waals surface area contributed by atoms with Gasteiger partial charge in [-0.15, -0.1) is 11.3 Å². The molecule has 0 amide bonds. The zero-order valence-electron chi connectivity index (χ0n) is 10.4. The van der Waals surface area contributed by atoms with E-state index in [2.05, 4.69) is 26.6 Å². The molecule has 2 rings (SSSR count). The van der Waals surface area contributed by atoms with Gasteiger partial charge in [0.1, 0.15) is 9.84 Å². The number of hydrogen-bond acceptors (Lipinski definition) is 4. The van der Waals surface area contributed by atoms with Gasteiger partial charge in [0.2, 0.25) is 0 Å². The molecule has 0 aliphatic heterocycles. The third-order valence-corrected chi connectivity index (χ3v) is 7.04. The Morgan fingerprint density at radius 3 is 2.89 bits per heavy atom. The molecule has 2 atom stereocenters. The van der Waals surface area contributed by atoms with Gasteiger partial charge in [0.05, 0.1) is 5.25 Å². The van der Waals surface area contributed by atoms with Crippen molar-refractivity contribution >= 4 is 37.1 Å². The second-order valence-electron chi connectivity index (χ2n) is 4.89. The minimum atomic E-state index is -2.89. The third kappa shape index (κ3) is 3.79. The number of thiophene rings is 1. The van der Waals surface area contributed by atoms with Gasteiger partial charge < -0.3 is 5.32 Å². The largest absolute Gasteiger partial charge is 0.309 e. The van der Waals surface area contributed by atoms with Crippen molar-refractivity contribution in [2.24, 2.45) is 0 Å². The Balaban J connectivity index is 1.89. The van der Waals surface area contributed by atoms with Crippen LogP contribution < -0.4 is 5.32 Å². The highest BCUT2D eigenvalue weighted by molar-refractivity contribution is 9.10. The molecule has 18 heavy (non-hydrogen) atoms. The fraction of sp³-hybridized carbons (Fsp3) is 0.667. The highest BCUT2D eigenvalue weighted by Crippen LogP contribution is 2.26. The van der Waals surface area contributed by atoms with Crippen molar-refractivity contribution in [2.75, 3.05) is 6.26 Å². The van der Waals surface area contributed by atoms with Crippen LogP contribution in [0.5, 0.6) is 0 Å². The molecular formula is C12H18BrNO2S2. The van der Waals surface area contributed by atoms with Crippen molar-refractivity contribution in [2.45, 2.75) is 43.5 Å². The molecular weight excluding hydrogens is 334 g/mol. The van der Waals surface area contributed by atoms with Gasteiger partial charge in [0.15, 0.2) is 0 Å². The lowest BCUT2D eigenvalue weighted by atomic mass is 9.95. The van der Waals surface area contributed by atoms with Gasteiger partial charge in [-0.05, 0) is 46.6 Å². The molecule has 1 saturated carbocycles. The van der Waals surface area contributed by atoms with Gasteiger partial charge in [-0.2, -0.15) is 0 Å². The van der Waals surface area contributed by atoms with Crippen LogP contribution in [0.15, 0.2) is 15.9 Å². The predicted octanol–water partition coefficient (Wildman–Crippen LogP) is 2.96. The quantitative estimate of drug-likeness (QED) is 0.906. The van der Waals surface area contributed by atoms with E-state index in [4.69, 9.17) is 0 Å². The SMILES string of the molecule is CS(=O)(=O)C1CCCC(NCc2sccc2Br)C1. The first-order chi connectivity index (χ1) is 8.47. The second-order valence-corrected chi connectivity index (χ2v) is 9.07. The third-order valence-electron chi connectivity index (χ3n) is 3.47. The maximum atomic E-state index is 11.6. The highest BCUT2D eigenvalue weighted by Gasteiger charge is 2.28. The number of sulfone groups is 1. The summed E-state index contributed by atoms with van der Waals surface area (Å²) in [6, 6.07) is 2.37. The van der Waals surface area contributed by atoms with Crippen molar-refractivity contribution in [1.82, 2.24) is 5.32 Å². The Morgan fingerprint density at radius 1 is 1.50 bits per heavy atom. The first kappa shape index (κ1) is 14.5. The normalized spacial score (nSPS) is 25.2. The Hall–Kier alpha value is 0.0900. The molecule has 1 N–H and O–H groups in total. The highest BCUT2D eigenvalue weighted by atomic mass is 79.9. The van der Waals surface area contributed by atoms with Gasteiger partial charge in [-0.3, -0.25) is 0 Å². The lowest BCUT2D eigenvalue weighted by Gasteiger charge is -2.28. The predicted molar refractivity (Wildman–Crippen MR) is 79.7 cm³/mol. The molecule has 0 saturated heterocycles. The lowest BCUT2D eigenvalue weighted by Crippen LogP contribution is -2.38. The molecule has 0 aromatic carbocycles. The fourth-order valence-corrected chi connectivity index (χ4v) is 5.03. The van der Waals surface area contributed by atoms with E-state index in [0.29, 0.717) is 6.04 Å². The molecule has 1 aromatic heterocycles. The van der Waals surface area contributed by atoms with Gasteiger partial charge in [0, 0.05) is 28.2 Å².